The molecular formula is C40H26N2O2. The molecule has 208 valence electrons. The van der Waals surface area contributed by atoms with Gasteiger partial charge in [-0.25, -0.2) is 4.98 Å². The second kappa shape index (κ2) is 8.27. The average molecular weight is 567 g/mol. The predicted molar refractivity (Wildman–Crippen MR) is 178 cm³/mol. The summed E-state index contributed by atoms with van der Waals surface area (Å²) in [5, 5.41) is 4.32. The van der Waals surface area contributed by atoms with Crippen LogP contribution in [0.4, 0.5) is 0 Å². The van der Waals surface area contributed by atoms with Crippen LogP contribution in [0.2, 0.25) is 0 Å². The number of benzene rings is 5. The van der Waals surface area contributed by atoms with E-state index in [1.54, 1.807) is 0 Å². The van der Waals surface area contributed by atoms with Crippen LogP contribution in [-0.2, 0) is 5.41 Å². The van der Waals surface area contributed by atoms with Crippen LogP contribution in [0.1, 0.15) is 25.0 Å². The van der Waals surface area contributed by atoms with Gasteiger partial charge in [0.15, 0.2) is 0 Å². The average Bonchev–Trinajstić information content (AvgIpc) is 3.80. The van der Waals surface area contributed by atoms with Crippen LogP contribution in [0.3, 0.4) is 0 Å². The maximum Gasteiger partial charge on any atom is 0.147 e. The topological polar surface area (TPSA) is 43.6 Å². The Morgan fingerprint density at radius 1 is 0.591 bits per heavy atom. The van der Waals surface area contributed by atoms with Gasteiger partial charge in [-0.15, -0.1) is 0 Å². The molecule has 0 radical (unpaired) electrons. The molecule has 9 aromatic rings. The van der Waals surface area contributed by atoms with Gasteiger partial charge in [-0.2, -0.15) is 0 Å². The molecule has 0 fully saturated rings. The zero-order valence-corrected chi connectivity index (χ0v) is 24.3. The minimum atomic E-state index is -0.185. The van der Waals surface area contributed by atoms with Crippen LogP contribution >= 0.6 is 0 Å². The van der Waals surface area contributed by atoms with Gasteiger partial charge in [-0.05, 0) is 70.3 Å². The van der Waals surface area contributed by atoms with Crippen LogP contribution in [0.5, 0.6) is 0 Å². The number of furan rings is 2. The second-order valence-electron chi connectivity index (χ2n) is 12.4. The fourth-order valence-corrected chi connectivity index (χ4v) is 7.42. The van der Waals surface area contributed by atoms with E-state index in [0.717, 1.165) is 71.9 Å². The number of imidazole rings is 1. The van der Waals surface area contributed by atoms with Gasteiger partial charge in [0.05, 0.1) is 11.1 Å². The quantitative estimate of drug-likeness (QED) is 0.209. The third-order valence-electron chi connectivity index (χ3n) is 9.64. The molecule has 10 rings (SSSR count). The van der Waals surface area contributed by atoms with Crippen molar-refractivity contribution in [3.05, 3.63) is 133 Å². The molecule has 4 heteroatoms. The molecule has 1 aliphatic carbocycles. The second-order valence-corrected chi connectivity index (χ2v) is 12.4. The highest BCUT2D eigenvalue weighted by Crippen LogP contribution is 2.52. The van der Waals surface area contributed by atoms with Crippen molar-refractivity contribution >= 4 is 49.5 Å². The summed E-state index contributed by atoms with van der Waals surface area (Å²) in [7, 11) is 0. The Kier molecular flexibility index (Phi) is 4.49. The molecule has 0 bridgehead atoms. The third-order valence-corrected chi connectivity index (χ3v) is 9.64. The summed E-state index contributed by atoms with van der Waals surface area (Å²) in [5.41, 5.74) is 13.8. The van der Waals surface area contributed by atoms with Gasteiger partial charge in [-0.1, -0.05) is 80.6 Å². The van der Waals surface area contributed by atoms with Crippen molar-refractivity contribution in [3.63, 3.8) is 0 Å². The minimum absolute atomic E-state index is 0.185. The number of aromatic nitrogens is 2. The molecule has 0 saturated heterocycles. The van der Waals surface area contributed by atoms with E-state index in [1.165, 1.54) is 22.3 Å². The number of pyridine rings is 1. The first-order valence-corrected chi connectivity index (χ1v) is 15.0. The van der Waals surface area contributed by atoms with E-state index in [2.05, 4.69) is 91.2 Å². The van der Waals surface area contributed by atoms with E-state index in [4.69, 9.17) is 13.8 Å². The van der Waals surface area contributed by atoms with E-state index in [9.17, 15) is 0 Å². The lowest BCUT2D eigenvalue weighted by Gasteiger charge is -2.22. The van der Waals surface area contributed by atoms with Gasteiger partial charge in [0.1, 0.15) is 28.0 Å². The highest BCUT2D eigenvalue weighted by atomic mass is 16.3. The Bertz CT molecular complexity index is 2610. The zero-order chi connectivity index (χ0) is 29.2. The Morgan fingerprint density at radius 3 is 2.05 bits per heavy atom. The molecule has 4 aromatic heterocycles. The molecule has 0 N–H and O–H groups in total. The summed E-state index contributed by atoms with van der Waals surface area (Å²) in [6.45, 7) is 4.66. The molecule has 0 aliphatic heterocycles. The lowest BCUT2D eigenvalue weighted by Crippen LogP contribution is -2.15. The maximum atomic E-state index is 6.60. The number of hydrogen-bond acceptors (Lipinski definition) is 3. The first-order chi connectivity index (χ1) is 21.5. The summed E-state index contributed by atoms with van der Waals surface area (Å²) < 4.78 is 15.1. The maximum absolute atomic E-state index is 6.60. The molecule has 0 atom stereocenters. The number of fused-ring (bicyclic) bond motifs is 11. The normalized spacial score (nSPS) is 13.9. The predicted octanol–water partition coefficient (Wildman–Crippen LogP) is 10.8. The molecular weight excluding hydrogens is 540 g/mol. The van der Waals surface area contributed by atoms with Gasteiger partial charge in [0.25, 0.3) is 0 Å². The van der Waals surface area contributed by atoms with Crippen molar-refractivity contribution in [2.24, 2.45) is 0 Å². The SMILES string of the molecule is CC1(C)c2cc(-c3cn4ccccc4n3)ccc2-c2ccc(-c3cc4c5ccccc5oc4c4c3oc3ccccc34)cc21. The molecule has 5 aromatic carbocycles. The zero-order valence-electron chi connectivity index (χ0n) is 24.3. The first-order valence-electron chi connectivity index (χ1n) is 15.0. The fourth-order valence-electron chi connectivity index (χ4n) is 7.42. The van der Waals surface area contributed by atoms with E-state index in [1.807, 2.05) is 48.7 Å². The van der Waals surface area contributed by atoms with Crippen LogP contribution in [0.15, 0.2) is 130 Å². The highest BCUT2D eigenvalue weighted by Gasteiger charge is 2.36. The highest BCUT2D eigenvalue weighted by molar-refractivity contribution is 6.25. The van der Waals surface area contributed by atoms with Crippen molar-refractivity contribution in [1.29, 1.82) is 0 Å². The van der Waals surface area contributed by atoms with E-state index < -0.39 is 0 Å². The molecule has 0 spiro atoms. The summed E-state index contributed by atoms with van der Waals surface area (Å²) in [6, 6.07) is 38.6. The molecule has 1 aliphatic rings. The van der Waals surface area contributed by atoms with Crippen LogP contribution in [0.25, 0.3) is 83.0 Å². The minimum Gasteiger partial charge on any atom is -0.455 e. The van der Waals surface area contributed by atoms with E-state index in [0.29, 0.717) is 0 Å². The van der Waals surface area contributed by atoms with Crippen LogP contribution in [0, 0.1) is 0 Å². The van der Waals surface area contributed by atoms with Gasteiger partial charge >= 0.3 is 0 Å². The molecule has 4 nitrogen and oxygen atoms in total. The first kappa shape index (κ1) is 23.9. The van der Waals surface area contributed by atoms with E-state index >= 15 is 0 Å². The van der Waals surface area contributed by atoms with Crippen molar-refractivity contribution in [2.75, 3.05) is 0 Å². The van der Waals surface area contributed by atoms with E-state index in [-0.39, 0.29) is 5.41 Å². The van der Waals surface area contributed by atoms with Gasteiger partial charge < -0.3 is 13.2 Å². The molecule has 0 saturated carbocycles. The number of rotatable bonds is 2. The van der Waals surface area contributed by atoms with Gasteiger partial charge in [-0.3, -0.25) is 0 Å². The molecule has 44 heavy (non-hydrogen) atoms. The molecule has 4 heterocycles. The lowest BCUT2D eigenvalue weighted by molar-refractivity contribution is 0.659. The van der Waals surface area contributed by atoms with Crippen molar-refractivity contribution in [2.45, 2.75) is 19.3 Å². The summed E-state index contributed by atoms with van der Waals surface area (Å²) in [6.07, 6.45) is 4.15. The van der Waals surface area contributed by atoms with Gasteiger partial charge in [0.2, 0.25) is 0 Å². The Balaban J connectivity index is 1.18. The van der Waals surface area contributed by atoms with Crippen molar-refractivity contribution in [1.82, 2.24) is 9.38 Å². The Morgan fingerprint density at radius 2 is 1.25 bits per heavy atom. The summed E-state index contributed by atoms with van der Waals surface area (Å²) in [5.74, 6) is 0. The van der Waals surface area contributed by atoms with Crippen molar-refractivity contribution < 1.29 is 8.83 Å². The smallest absolute Gasteiger partial charge is 0.147 e. The Hall–Kier alpha value is -5.61. The number of hydrogen-bond donors (Lipinski definition) is 0. The van der Waals surface area contributed by atoms with Gasteiger partial charge in [0, 0.05) is 45.1 Å². The fraction of sp³-hybridized carbons (Fsp3) is 0.0750. The third kappa shape index (κ3) is 3.09. The monoisotopic (exact) mass is 566 g/mol. The number of nitrogens with zero attached hydrogens (tertiary/aromatic N) is 2. The standard InChI is InChI=1S/C40H26N2O2/c1-40(2)31-19-23(14-16-25(31)26-17-15-24(20-32(26)40)33-22-42-18-8-7-13-36(42)41-33)29-21-30-27-9-3-5-11-34(27)43-39(30)37-28-10-4-6-12-35(28)44-38(29)37/h3-22H,1-2H3. The van der Waals surface area contributed by atoms with Crippen LogP contribution < -0.4 is 0 Å². The molecule has 0 amide bonds. The summed E-state index contributed by atoms with van der Waals surface area (Å²) in [4.78, 5) is 4.89. The Labute approximate surface area is 252 Å². The van der Waals surface area contributed by atoms with Crippen molar-refractivity contribution in [3.8, 4) is 33.5 Å². The summed E-state index contributed by atoms with van der Waals surface area (Å²) >= 11 is 0. The largest absolute Gasteiger partial charge is 0.455 e. The van der Waals surface area contributed by atoms with Crippen LogP contribution in [-0.4, -0.2) is 9.38 Å². The number of para-hydroxylation sites is 2. The molecule has 0 unspecified atom stereocenters. The lowest BCUT2D eigenvalue weighted by atomic mass is 9.81.